The second kappa shape index (κ2) is 6.58. The topological polar surface area (TPSA) is 90.2 Å². The van der Waals surface area contributed by atoms with E-state index in [1.807, 2.05) is 11.4 Å². The van der Waals surface area contributed by atoms with E-state index in [9.17, 15) is 13.5 Å². The molecule has 0 fully saturated rings. The fourth-order valence-corrected chi connectivity index (χ4v) is 3.78. The van der Waals surface area contributed by atoms with Crippen molar-refractivity contribution >= 4 is 21.4 Å². The maximum atomic E-state index is 12.2. The number of sulfonamides is 1. The van der Waals surface area contributed by atoms with Crippen LogP contribution in [0.25, 0.3) is 0 Å². The Morgan fingerprint density at radius 1 is 1.32 bits per heavy atom. The second-order valence-corrected chi connectivity index (χ2v) is 7.64. The molecule has 5 nitrogen and oxygen atoms in total. The SMILES string of the molecule is CC(O)(CNS(=O)(=O)c1ccc(CC#N)cc1)c1ccsc1. The van der Waals surface area contributed by atoms with Crippen LogP contribution in [0.4, 0.5) is 0 Å². The Balaban J connectivity index is 2.10. The lowest BCUT2D eigenvalue weighted by Crippen LogP contribution is -2.38. The Bertz CT molecular complexity index is 758. The van der Waals surface area contributed by atoms with Crippen molar-refractivity contribution < 1.29 is 13.5 Å². The number of nitrogens with one attached hydrogen (secondary N) is 1. The minimum atomic E-state index is -3.71. The summed E-state index contributed by atoms with van der Waals surface area (Å²) in [6.07, 6.45) is 0.237. The van der Waals surface area contributed by atoms with E-state index in [4.69, 9.17) is 5.26 Å². The van der Waals surface area contributed by atoms with Crippen molar-refractivity contribution in [2.24, 2.45) is 0 Å². The van der Waals surface area contributed by atoms with Gasteiger partial charge in [-0.1, -0.05) is 12.1 Å². The summed E-state index contributed by atoms with van der Waals surface area (Å²) in [7, 11) is -3.71. The summed E-state index contributed by atoms with van der Waals surface area (Å²) in [6.45, 7) is 1.44. The molecule has 0 aliphatic heterocycles. The summed E-state index contributed by atoms with van der Waals surface area (Å²) in [5.74, 6) is 0. The van der Waals surface area contributed by atoms with Gasteiger partial charge >= 0.3 is 0 Å². The molecule has 0 saturated heterocycles. The van der Waals surface area contributed by atoms with E-state index in [-0.39, 0.29) is 17.9 Å². The number of thiophene rings is 1. The molecule has 1 aromatic carbocycles. The van der Waals surface area contributed by atoms with Gasteiger partial charge < -0.3 is 5.11 Å². The fourth-order valence-electron chi connectivity index (χ4n) is 1.87. The highest BCUT2D eigenvalue weighted by Crippen LogP contribution is 2.23. The minimum Gasteiger partial charge on any atom is -0.384 e. The molecule has 116 valence electrons. The van der Waals surface area contributed by atoms with E-state index in [1.165, 1.54) is 23.5 Å². The van der Waals surface area contributed by atoms with E-state index in [1.54, 1.807) is 30.5 Å². The van der Waals surface area contributed by atoms with Gasteiger partial charge in [0.05, 0.1) is 17.4 Å². The van der Waals surface area contributed by atoms with Crippen molar-refractivity contribution in [2.75, 3.05) is 6.54 Å². The average Bonchev–Trinajstić information content (AvgIpc) is 3.02. The lowest BCUT2D eigenvalue weighted by molar-refractivity contribution is 0.0632. The molecule has 2 N–H and O–H groups in total. The van der Waals surface area contributed by atoms with Crippen molar-refractivity contribution in [2.45, 2.75) is 23.8 Å². The van der Waals surface area contributed by atoms with E-state index < -0.39 is 15.6 Å². The standard InChI is InChI=1S/C15H16N2O3S2/c1-15(18,13-7-9-21-10-13)11-17-22(19,20)14-4-2-12(3-5-14)6-8-16/h2-5,7,9-10,17-18H,6,11H2,1H3. The first kappa shape index (κ1) is 16.6. The molecule has 7 heteroatoms. The van der Waals surface area contributed by atoms with Crippen LogP contribution in [0.5, 0.6) is 0 Å². The van der Waals surface area contributed by atoms with Crippen LogP contribution >= 0.6 is 11.3 Å². The van der Waals surface area contributed by atoms with Crippen LogP contribution in [0.3, 0.4) is 0 Å². The number of nitrogens with zero attached hydrogens (tertiary/aromatic N) is 1. The Hall–Kier alpha value is -1.72. The summed E-state index contributed by atoms with van der Waals surface area (Å²) in [6, 6.07) is 9.88. The first-order chi connectivity index (χ1) is 10.3. The Morgan fingerprint density at radius 2 is 2.00 bits per heavy atom. The molecule has 1 aromatic heterocycles. The quantitative estimate of drug-likeness (QED) is 0.844. The highest BCUT2D eigenvalue weighted by Gasteiger charge is 2.26. The summed E-state index contributed by atoms with van der Waals surface area (Å²) in [4.78, 5) is 0.107. The van der Waals surface area contributed by atoms with Gasteiger partial charge in [-0.3, -0.25) is 0 Å². The maximum absolute atomic E-state index is 12.2. The molecule has 0 radical (unpaired) electrons. The zero-order valence-corrected chi connectivity index (χ0v) is 13.6. The predicted molar refractivity (Wildman–Crippen MR) is 84.8 cm³/mol. The molecule has 0 aliphatic rings. The normalized spacial score (nSPS) is 14.2. The van der Waals surface area contributed by atoms with Crippen molar-refractivity contribution in [3.8, 4) is 6.07 Å². The van der Waals surface area contributed by atoms with Gasteiger partial charge in [0, 0.05) is 6.54 Å². The third-order valence-corrected chi connectivity index (χ3v) is 5.37. The van der Waals surface area contributed by atoms with E-state index in [0.717, 1.165) is 5.56 Å². The van der Waals surface area contributed by atoms with Crippen LogP contribution in [-0.2, 0) is 22.0 Å². The summed E-state index contributed by atoms with van der Waals surface area (Å²) in [5.41, 5.74) is 0.157. The zero-order valence-electron chi connectivity index (χ0n) is 12.0. The minimum absolute atomic E-state index is 0.107. The first-order valence-electron chi connectivity index (χ1n) is 6.56. The molecule has 0 spiro atoms. The van der Waals surface area contributed by atoms with Crippen molar-refractivity contribution in [1.82, 2.24) is 4.72 Å². The Kier molecular flexibility index (Phi) is 4.98. The average molecular weight is 336 g/mol. The fraction of sp³-hybridized carbons (Fsp3) is 0.267. The molecule has 22 heavy (non-hydrogen) atoms. The third-order valence-electron chi connectivity index (χ3n) is 3.27. The van der Waals surface area contributed by atoms with Crippen LogP contribution in [0.2, 0.25) is 0 Å². The number of benzene rings is 1. The van der Waals surface area contributed by atoms with E-state index in [2.05, 4.69) is 4.72 Å². The number of hydrogen-bond donors (Lipinski definition) is 2. The molecule has 0 aliphatic carbocycles. The molecule has 2 rings (SSSR count). The van der Waals surface area contributed by atoms with Gasteiger partial charge in [0.2, 0.25) is 10.0 Å². The smallest absolute Gasteiger partial charge is 0.240 e. The number of nitriles is 1. The number of aliphatic hydroxyl groups is 1. The van der Waals surface area contributed by atoms with Gasteiger partial charge in [0.15, 0.2) is 0 Å². The highest BCUT2D eigenvalue weighted by atomic mass is 32.2. The molecule has 0 amide bonds. The van der Waals surface area contributed by atoms with E-state index >= 15 is 0 Å². The van der Waals surface area contributed by atoms with E-state index in [0.29, 0.717) is 5.56 Å². The number of rotatable bonds is 6. The summed E-state index contributed by atoms with van der Waals surface area (Å²) >= 11 is 1.44. The largest absolute Gasteiger partial charge is 0.384 e. The zero-order chi connectivity index (χ0) is 16.2. The van der Waals surface area contributed by atoms with Gasteiger partial charge in [-0.05, 0) is 47.0 Å². The first-order valence-corrected chi connectivity index (χ1v) is 8.98. The van der Waals surface area contributed by atoms with Gasteiger partial charge in [-0.25, -0.2) is 13.1 Å². The van der Waals surface area contributed by atoms with Crippen LogP contribution in [0.1, 0.15) is 18.1 Å². The molecule has 1 atom stereocenters. The summed E-state index contributed by atoms with van der Waals surface area (Å²) < 4.78 is 26.9. The van der Waals surface area contributed by atoms with Gasteiger partial charge in [0.1, 0.15) is 5.60 Å². The molecule has 2 aromatic rings. The van der Waals surface area contributed by atoms with Gasteiger partial charge in [-0.2, -0.15) is 16.6 Å². The monoisotopic (exact) mass is 336 g/mol. The molecule has 1 heterocycles. The van der Waals surface area contributed by atoms with Crippen molar-refractivity contribution in [3.05, 3.63) is 52.2 Å². The molecule has 0 bridgehead atoms. The third kappa shape index (κ3) is 3.93. The lowest BCUT2D eigenvalue weighted by atomic mass is 10.0. The van der Waals surface area contributed by atoms with Crippen LogP contribution in [-0.4, -0.2) is 20.1 Å². The molecule has 1 unspecified atom stereocenters. The molecular formula is C15H16N2O3S2. The highest BCUT2D eigenvalue weighted by molar-refractivity contribution is 7.89. The lowest BCUT2D eigenvalue weighted by Gasteiger charge is -2.22. The second-order valence-electron chi connectivity index (χ2n) is 5.09. The van der Waals surface area contributed by atoms with Crippen molar-refractivity contribution in [1.29, 1.82) is 5.26 Å². The molecule has 0 saturated carbocycles. The van der Waals surface area contributed by atoms with Gasteiger partial charge in [-0.15, -0.1) is 0 Å². The summed E-state index contributed by atoms with van der Waals surface area (Å²) in [5, 5.41) is 22.6. The Morgan fingerprint density at radius 3 is 2.55 bits per heavy atom. The van der Waals surface area contributed by atoms with Crippen LogP contribution in [0, 0.1) is 11.3 Å². The molecular weight excluding hydrogens is 320 g/mol. The van der Waals surface area contributed by atoms with Gasteiger partial charge in [0.25, 0.3) is 0 Å². The van der Waals surface area contributed by atoms with Crippen LogP contribution in [0.15, 0.2) is 46.0 Å². The van der Waals surface area contributed by atoms with Crippen LogP contribution < -0.4 is 4.72 Å². The maximum Gasteiger partial charge on any atom is 0.240 e. The predicted octanol–water partition coefficient (Wildman–Crippen LogP) is 2.00. The van der Waals surface area contributed by atoms with Crippen molar-refractivity contribution in [3.63, 3.8) is 0 Å². The number of hydrogen-bond acceptors (Lipinski definition) is 5. The Labute approximate surface area is 133 Å².